The summed E-state index contributed by atoms with van der Waals surface area (Å²) in [5.41, 5.74) is 10.8. The van der Waals surface area contributed by atoms with Crippen LogP contribution in [0.3, 0.4) is 0 Å². The largest absolute Gasteiger partial charge is 2.00 e. The minimum absolute atomic E-state index is 0. The van der Waals surface area contributed by atoms with Crippen molar-refractivity contribution in [3.8, 4) is 39.6 Å². The van der Waals surface area contributed by atoms with Gasteiger partial charge < -0.3 is 9.30 Å². The van der Waals surface area contributed by atoms with Gasteiger partial charge in [-0.05, 0) is 100 Å². The van der Waals surface area contributed by atoms with Crippen LogP contribution in [0.1, 0.15) is 84.5 Å². The Kier molecular flexibility index (Phi) is 9.36. The number of pyridine rings is 2. The molecular formula is C59H53N5OPt+2. The van der Waals surface area contributed by atoms with Gasteiger partial charge in [-0.2, -0.15) is 6.07 Å². The number of fused-ring (bicyclic) bond motifs is 4. The van der Waals surface area contributed by atoms with Gasteiger partial charge in [-0.25, -0.2) is 4.98 Å². The number of benzene rings is 6. The standard InChI is InChI=1S/C59H53N5O.Pt/c1-37-18-20-41(21-19-37)47-14-13-15-50(59(8,9)10)57(47)63-36-62(51-16-11-12-17-52(51)63)44-30-42(56-39(3)28-38(2)29-40(56)4)31-46(33-44)65-45-22-23-48-49-25-26-60-35-54(49)64(53(48)34-45)55-32-43(24-27-61-55)58(5,6)7;/h11-32,35H,1-10H3;/q;+2/i1D3,18D,19D,20D,21D;. The van der Waals surface area contributed by atoms with E-state index in [-0.39, 0.29) is 32.0 Å². The predicted octanol–water partition coefficient (Wildman–Crippen LogP) is 15.0. The fourth-order valence-corrected chi connectivity index (χ4v) is 9.12. The SMILES string of the molecule is [2H]c1c([2H])c(C([2H])([2H])[2H])c([2H])c([2H])c1-c1cccc(C(C)(C)C)c1[N+]1=C=[N+](c2[c-]c(Oc3[c-]c4c(cc3)c3ccncc3n4-c3cc(C(C)(C)C)ccn3)cc(-c3c(C)cc(C)cc3C)c2)c2ccccc21.[Pt+2]. The maximum atomic E-state index is 9.21. The molecule has 0 saturated heterocycles. The molecule has 1 aliphatic heterocycles. The Labute approximate surface area is 412 Å². The predicted molar refractivity (Wildman–Crippen MR) is 269 cm³/mol. The van der Waals surface area contributed by atoms with Crippen molar-refractivity contribution >= 4 is 50.6 Å². The molecule has 0 bridgehead atoms. The van der Waals surface area contributed by atoms with Crippen LogP contribution in [0, 0.1) is 39.8 Å². The van der Waals surface area contributed by atoms with Crippen LogP contribution in [0.15, 0.2) is 140 Å². The van der Waals surface area contributed by atoms with Crippen molar-refractivity contribution in [3.05, 3.63) is 185 Å². The molecule has 9 aromatic rings. The zero-order valence-electron chi connectivity index (χ0n) is 45.4. The maximum Gasteiger partial charge on any atom is 2.00 e. The first kappa shape index (κ1) is 36.5. The summed E-state index contributed by atoms with van der Waals surface area (Å²) in [5.74, 6) is 1.64. The van der Waals surface area contributed by atoms with E-state index < -0.39 is 42.0 Å². The first-order chi connectivity index (χ1) is 34.0. The van der Waals surface area contributed by atoms with Crippen molar-refractivity contribution in [1.82, 2.24) is 23.7 Å². The summed E-state index contributed by atoms with van der Waals surface area (Å²) in [5, 5.41) is 1.98. The van der Waals surface area contributed by atoms with Crippen LogP contribution in [-0.2, 0) is 31.9 Å². The average Bonchev–Trinajstić information content (AvgIpc) is 3.86. The molecule has 0 atom stereocenters. The monoisotopic (exact) mass is 1050 g/mol. The Morgan fingerprint density at radius 1 is 0.697 bits per heavy atom. The van der Waals surface area contributed by atoms with Gasteiger partial charge >= 0.3 is 27.1 Å². The van der Waals surface area contributed by atoms with E-state index in [0.717, 1.165) is 77.9 Å². The van der Waals surface area contributed by atoms with Crippen LogP contribution >= 0.6 is 0 Å². The van der Waals surface area contributed by atoms with Gasteiger partial charge in [0, 0.05) is 45.7 Å². The number of ether oxygens (including phenoxy) is 1. The van der Waals surface area contributed by atoms with Gasteiger partial charge in [-0.1, -0.05) is 135 Å². The molecule has 0 aliphatic carbocycles. The molecule has 0 saturated carbocycles. The zero-order valence-corrected chi connectivity index (χ0v) is 40.7. The minimum atomic E-state index is -2.85. The zero-order chi connectivity index (χ0) is 51.3. The summed E-state index contributed by atoms with van der Waals surface area (Å²) >= 11 is 0. The Bertz CT molecular complexity index is 3770. The van der Waals surface area contributed by atoms with E-state index in [0.29, 0.717) is 28.4 Å². The average molecular weight is 1050 g/mol. The molecule has 0 unspecified atom stereocenters. The van der Waals surface area contributed by atoms with Crippen LogP contribution in [0.4, 0.5) is 22.7 Å². The number of rotatable bonds is 7. The molecule has 0 fully saturated rings. The Morgan fingerprint density at radius 2 is 1.44 bits per heavy atom. The smallest absolute Gasteiger partial charge is 0.509 e. The summed E-state index contributed by atoms with van der Waals surface area (Å²) < 4.78 is 73.2. The second-order valence-corrected chi connectivity index (χ2v) is 18.9. The molecule has 10 rings (SSSR count). The molecule has 328 valence electrons. The fourth-order valence-electron chi connectivity index (χ4n) is 9.12. The topological polar surface area (TPSA) is 46.0 Å². The number of hydrogen-bond donors (Lipinski definition) is 0. The van der Waals surface area contributed by atoms with Crippen molar-refractivity contribution in [2.45, 2.75) is 80.0 Å². The summed E-state index contributed by atoms with van der Waals surface area (Å²) in [6.07, 6.45) is 5.49. The minimum Gasteiger partial charge on any atom is -0.509 e. The fraction of sp³-hybridized carbons (Fsp3) is 0.203. The van der Waals surface area contributed by atoms with Crippen molar-refractivity contribution in [1.29, 1.82) is 0 Å². The van der Waals surface area contributed by atoms with Gasteiger partial charge in [0.2, 0.25) is 5.69 Å². The van der Waals surface area contributed by atoms with E-state index in [1.165, 1.54) is 0 Å². The van der Waals surface area contributed by atoms with Crippen LogP contribution < -0.4 is 13.9 Å². The van der Waals surface area contributed by atoms with Crippen molar-refractivity contribution < 1.29 is 35.4 Å². The number of para-hydroxylation sites is 3. The van der Waals surface area contributed by atoms with Crippen molar-refractivity contribution in [3.63, 3.8) is 0 Å². The number of hydrogen-bond acceptors (Lipinski definition) is 3. The second kappa shape index (κ2) is 16.9. The molecule has 0 radical (unpaired) electrons. The molecular weight excluding hydrogens is 990 g/mol. The Hall–Kier alpha value is -6.71. The van der Waals surface area contributed by atoms with Crippen LogP contribution in [-0.4, -0.2) is 20.5 Å². The van der Waals surface area contributed by atoms with Gasteiger partial charge in [0.15, 0.2) is 0 Å². The first-order valence-corrected chi connectivity index (χ1v) is 21.8. The summed E-state index contributed by atoms with van der Waals surface area (Å²) in [6.45, 7) is 16.2. The molecule has 7 heteroatoms. The third kappa shape index (κ3) is 8.04. The van der Waals surface area contributed by atoms with Crippen molar-refractivity contribution in [2.24, 2.45) is 0 Å². The van der Waals surface area contributed by atoms with E-state index in [1.54, 1.807) is 12.3 Å². The van der Waals surface area contributed by atoms with Gasteiger partial charge in [-0.3, -0.25) is 4.98 Å². The van der Waals surface area contributed by atoms with Gasteiger partial charge in [0.1, 0.15) is 11.5 Å². The van der Waals surface area contributed by atoms with Gasteiger partial charge in [-0.15, -0.1) is 29.1 Å². The van der Waals surface area contributed by atoms with E-state index in [2.05, 4.69) is 114 Å². The third-order valence-electron chi connectivity index (χ3n) is 12.1. The number of aryl methyl sites for hydroxylation is 3. The summed E-state index contributed by atoms with van der Waals surface area (Å²) in [6, 6.07) is 40.8. The molecule has 66 heavy (non-hydrogen) atoms. The van der Waals surface area contributed by atoms with Crippen LogP contribution in [0.25, 0.3) is 49.9 Å². The van der Waals surface area contributed by atoms with E-state index in [9.17, 15) is 2.74 Å². The van der Waals surface area contributed by atoms with E-state index in [4.69, 9.17) is 16.6 Å². The molecule has 0 spiro atoms. The van der Waals surface area contributed by atoms with Crippen LogP contribution in [0.5, 0.6) is 11.5 Å². The quantitative estimate of drug-likeness (QED) is 0.118. The van der Waals surface area contributed by atoms with Crippen molar-refractivity contribution in [2.75, 3.05) is 0 Å². The molecule has 6 nitrogen and oxygen atoms in total. The third-order valence-corrected chi connectivity index (χ3v) is 12.1. The Balaban J connectivity index is 0.00000656. The molecule has 3 aromatic heterocycles. The molecule has 1 aliphatic rings. The molecule has 4 heterocycles. The summed E-state index contributed by atoms with van der Waals surface area (Å²) in [7, 11) is 0. The normalized spacial score (nSPS) is 14.2. The van der Waals surface area contributed by atoms with E-state index >= 15 is 0 Å². The molecule has 0 amide bonds. The first-order valence-electron chi connectivity index (χ1n) is 25.3. The maximum absolute atomic E-state index is 9.21. The number of nitrogens with zero attached hydrogens (tertiary/aromatic N) is 5. The van der Waals surface area contributed by atoms with Gasteiger partial charge in [0.25, 0.3) is 11.4 Å². The van der Waals surface area contributed by atoms with Crippen LogP contribution in [0.2, 0.25) is 0 Å². The van der Waals surface area contributed by atoms with E-state index in [1.807, 2.05) is 88.3 Å². The summed E-state index contributed by atoms with van der Waals surface area (Å²) in [4.78, 5) is 9.35. The second-order valence-electron chi connectivity index (χ2n) is 18.9. The number of aromatic nitrogens is 3. The molecule has 0 N–H and O–H groups in total. The molecule has 6 aromatic carbocycles. The van der Waals surface area contributed by atoms with Gasteiger partial charge in [0.05, 0.1) is 22.8 Å². The Morgan fingerprint density at radius 3 is 2.15 bits per heavy atom.